The molecule has 0 atom stereocenters. The first kappa shape index (κ1) is 22.2. The zero-order chi connectivity index (χ0) is 16.5. The van der Waals surface area contributed by atoms with Gasteiger partial charge in [0.2, 0.25) is 0 Å². The van der Waals surface area contributed by atoms with Gasteiger partial charge < -0.3 is 0 Å². The molecule has 0 fully saturated rings. The van der Waals surface area contributed by atoms with Gasteiger partial charge in [0.25, 0.3) is 0 Å². The molecule has 0 aliphatic rings. The summed E-state index contributed by atoms with van der Waals surface area (Å²) in [7, 11) is -4.28. The highest BCUT2D eigenvalue weighted by molar-refractivity contribution is 8.02. The molecule has 0 saturated heterocycles. The van der Waals surface area contributed by atoms with Crippen molar-refractivity contribution in [2.45, 2.75) is 96.8 Å². The molecule has 0 rings (SSSR count). The van der Waals surface area contributed by atoms with E-state index in [1.165, 1.54) is 77.0 Å². The predicted octanol–water partition coefficient (Wildman–Crippen LogP) is 5.94. The molecule has 0 aromatic heterocycles. The van der Waals surface area contributed by atoms with Crippen molar-refractivity contribution < 1.29 is 16.6 Å². The molecule has 22 heavy (non-hydrogen) atoms. The number of hydrogen-bond acceptors (Lipinski definition) is 4. The Morgan fingerprint density at radius 2 is 1.09 bits per heavy atom. The highest BCUT2D eigenvalue weighted by atomic mass is 32.3. The Kier molecular flexibility index (Phi) is 16.3. The van der Waals surface area contributed by atoms with Crippen LogP contribution in [0.25, 0.3) is 0 Å². The summed E-state index contributed by atoms with van der Waals surface area (Å²) in [6.45, 7) is 2.26. The molecule has 0 amide bonds. The fourth-order valence-corrected chi connectivity index (χ4v) is 3.53. The van der Waals surface area contributed by atoms with Crippen LogP contribution in [0.5, 0.6) is 0 Å². The van der Waals surface area contributed by atoms with Crippen molar-refractivity contribution in [2.24, 2.45) is 0 Å². The predicted molar refractivity (Wildman–Crippen MR) is 95.4 cm³/mol. The average molecular weight is 355 g/mol. The average Bonchev–Trinajstić information content (AvgIpc) is 2.45. The topological polar surface area (TPSA) is 63.6 Å². The second-order valence-electron chi connectivity index (χ2n) is 5.91. The molecule has 0 bridgehead atoms. The number of unbranched alkanes of at least 4 members (excludes halogenated alkanes) is 13. The Bertz CT molecular complexity index is 318. The molecule has 0 aromatic rings. The van der Waals surface area contributed by atoms with Crippen LogP contribution >= 0.6 is 12.0 Å². The maximum Gasteiger partial charge on any atom is 0.408 e. The molecular weight excluding hydrogens is 320 g/mol. The van der Waals surface area contributed by atoms with Gasteiger partial charge in [-0.1, -0.05) is 90.4 Å². The normalized spacial score (nSPS) is 11.9. The van der Waals surface area contributed by atoms with Crippen molar-refractivity contribution in [3.8, 4) is 0 Å². The van der Waals surface area contributed by atoms with Crippen LogP contribution in [-0.2, 0) is 14.0 Å². The zero-order valence-electron chi connectivity index (χ0n) is 14.1. The smallest absolute Gasteiger partial charge is 0.263 e. The van der Waals surface area contributed by atoms with Crippen LogP contribution < -0.4 is 0 Å². The lowest BCUT2D eigenvalue weighted by atomic mass is 10.0. The van der Waals surface area contributed by atoms with Gasteiger partial charge in [0.05, 0.1) is 0 Å². The van der Waals surface area contributed by atoms with Gasteiger partial charge in [-0.2, -0.15) is 12.0 Å². The zero-order valence-corrected chi connectivity index (χ0v) is 15.7. The standard InChI is InChI=1S/C16H34O4S2/c1-2-3-4-5-6-7-8-9-10-11-12-13-14-15-16-21-20-22(17,18)19/h2-16H2,1H3,(H,17,18,19). The van der Waals surface area contributed by atoms with Gasteiger partial charge >= 0.3 is 10.4 Å². The van der Waals surface area contributed by atoms with Gasteiger partial charge in [-0.15, -0.1) is 0 Å². The molecule has 0 radical (unpaired) electrons. The highest BCUT2D eigenvalue weighted by Crippen LogP contribution is 2.14. The summed E-state index contributed by atoms with van der Waals surface area (Å²) in [4.78, 5) is 0. The van der Waals surface area contributed by atoms with Crippen molar-refractivity contribution in [1.82, 2.24) is 0 Å². The van der Waals surface area contributed by atoms with E-state index in [1.54, 1.807) is 0 Å². The van der Waals surface area contributed by atoms with Crippen LogP contribution in [0.1, 0.15) is 96.8 Å². The molecule has 6 heteroatoms. The van der Waals surface area contributed by atoms with Crippen LogP contribution in [-0.4, -0.2) is 18.7 Å². The van der Waals surface area contributed by atoms with E-state index in [0.29, 0.717) is 5.75 Å². The molecule has 4 nitrogen and oxygen atoms in total. The van der Waals surface area contributed by atoms with Crippen molar-refractivity contribution in [2.75, 3.05) is 5.75 Å². The van der Waals surface area contributed by atoms with Crippen molar-refractivity contribution in [3.05, 3.63) is 0 Å². The Morgan fingerprint density at radius 1 is 0.727 bits per heavy atom. The van der Waals surface area contributed by atoms with Gasteiger partial charge in [-0.25, -0.2) is 0 Å². The third-order valence-corrected chi connectivity index (χ3v) is 5.24. The third kappa shape index (κ3) is 20.2. The Balaban J connectivity index is 3.03. The summed E-state index contributed by atoms with van der Waals surface area (Å²) in [5, 5.41) is 0. The quantitative estimate of drug-likeness (QED) is 0.199. The molecule has 0 heterocycles. The fraction of sp³-hybridized carbons (Fsp3) is 1.00. The molecule has 0 saturated carbocycles. The first-order valence-corrected chi connectivity index (χ1v) is 11.1. The highest BCUT2D eigenvalue weighted by Gasteiger charge is 2.03. The van der Waals surface area contributed by atoms with Crippen LogP contribution in [0.15, 0.2) is 0 Å². The second-order valence-corrected chi connectivity index (χ2v) is 7.96. The van der Waals surface area contributed by atoms with Gasteiger partial charge in [-0.05, 0) is 6.42 Å². The van der Waals surface area contributed by atoms with E-state index in [4.69, 9.17) is 4.55 Å². The first-order chi connectivity index (χ1) is 10.6. The maximum atomic E-state index is 10.3. The molecule has 134 valence electrons. The van der Waals surface area contributed by atoms with E-state index in [-0.39, 0.29) is 0 Å². The van der Waals surface area contributed by atoms with Crippen LogP contribution in [0.4, 0.5) is 0 Å². The lowest BCUT2D eigenvalue weighted by Crippen LogP contribution is -1.97. The van der Waals surface area contributed by atoms with Crippen molar-refractivity contribution >= 4 is 22.4 Å². The molecule has 1 N–H and O–H groups in total. The van der Waals surface area contributed by atoms with Gasteiger partial charge in [0.1, 0.15) is 0 Å². The molecular formula is C16H34O4S2. The minimum atomic E-state index is -4.28. The van der Waals surface area contributed by atoms with E-state index < -0.39 is 10.4 Å². The molecule has 0 unspecified atom stereocenters. The van der Waals surface area contributed by atoms with Gasteiger partial charge in [0.15, 0.2) is 0 Å². The van der Waals surface area contributed by atoms with E-state index >= 15 is 0 Å². The fourth-order valence-electron chi connectivity index (χ4n) is 2.45. The van der Waals surface area contributed by atoms with E-state index in [2.05, 4.69) is 10.6 Å². The first-order valence-electron chi connectivity index (χ1n) is 8.85. The summed E-state index contributed by atoms with van der Waals surface area (Å²) in [6.07, 6.45) is 18.2. The Morgan fingerprint density at radius 3 is 1.45 bits per heavy atom. The van der Waals surface area contributed by atoms with E-state index in [1.807, 2.05) is 0 Å². The summed E-state index contributed by atoms with van der Waals surface area (Å²) in [6, 6.07) is 0. The Labute approximate surface area is 141 Å². The van der Waals surface area contributed by atoms with Crippen LogP contribution in [0.2, 0.25) is 0 Å². The summed E-state index contributed by atoms with van der Waals surface area (Å²) < 4.78 is 33.1. The van der Waals surface area contributed by atoms with Crippen molar-refractivity contribution in [3.63, 3.8) is 0 Å². The minimum absolute atomic E-state index is 0.609. The summed E-state index contributed by atoms with van der Waals surface area (Å²) in [5.74, 6) is 0.609. The SMILES string of the molecule is CCCCCCCCCCCCCCCCSOS(=O)(=O)O. The second kappa shape index (κ2) is 16.1. The maximum absolute atomic E-state index is 10.3. The Hall–Kier alpha value is 0.220. The minimum Gasteiger partial charge on any atom is -0.263 e. The number of rotatable bonds is 17. The summed E-state index contributed by atoms with van der Waals surface area (Å²) in [5.41, 5.74) is 0. The molecule has 0 spiro atoms. The lowest BCUT2D eigenvalue weighted by Gasteiger charge is -2.03. The van der Waals surface area contributed by atoms with E-state index in [9.17, 15) is 8.42 Å². The monoisotopic (exact) mass is 354 g/mol. The van der Waals surface area contributed by atoms with Crippen LogP contribution in [0, 0.1) is 0 Å². The molecule has 0 aliphatic carbocycles. The van der Waals surface area contributed by atoms with E-state index in [0.717, 1.165) is 24.9 Å². The van der Waals surface area contributed by atoms with Gasteiger partial charge in [0, 0.05) is 17.8 Å². The lowest BCUT2D eigenvalue weighted by molar-refractivity contribution is 0.407. The van der Waals surface area contributed by atoms with Gasteiger partial charge in [-0.3, -0.25) is 4.55 Å². The van der Waals surface area contributed by atoms with Crippen molar-refractivity contribution in [1.29, 1.82) is 0 Å². The molecule has 0 aliphatic heterocycles. The number of hydrogen-bond donors (Lipinski definition) is 1. The van der Waals surface area contributed by atoms with Crippen LogP contribution in [0.3, 0.4) is 0 Å². The molecule has 0 aromatic carbocycles. The summed E-state index contributed by atoms with van der Waals surface area (Å²) >= 11 is 0.806. The third-order valence-electron chi connectivity index (χ3n) is 3.72. The largest absolute Gasteiger partial charge is 0.408 e.